The highest BCUT2D eigenvalue weighted by Crippen LogP contribution is 2.19. The molecule has 0 aliphatic rings. The van der Waals surface area contributed by atoms with Gasteiger partial charge in [-0.05, 0) is 24.6 Å². The molecule has 6 nitrogen and oxygen atoms in total. The lowest BCUT2D eigenvalue weighted by Gasteiger charge is -2.16. The maximum Gasteiger partial charge on any atom is 0.209 e. The highest BCUT2D eigenvalue weighted by atomic mass is 32.2. The summed E-state index contributed by atoms with van der Waals surface area (Å²) in [4.78, 5) is 0.165. The molecule has 1 unspecified atom stereocenters. The van der Waals surface area contributed by atoms with E-state index >= 15 is 0 Å². The van der Waals surface area contributed by atoms with Crippen LogP contribution in [-0.4, -0.2) is 35.5 Å². The van der Waals surface area contributed by atoms with Gasteiger partial charge in [-0.15, -0.1) is 0 Å². The van der Waals surface area contributed by atoms with Crippen molar-refractivity contribution in [2.45, 2.75) is 24.7 Å². The van der Waals surface area contributed by atoms with Crippen LogP contribution < -0.4 is 9.88 Å². The van der Waals surface area contributed by atoms with Crippen LogP contribution >= 0.6 is 0 Å². The lowest BCUT2D eigenvalue weighted by Crippen LogP contribution is -2.27. The fraction of sp³-hybridized carbons (Fsp3) is 0.538. The van der Waals surface area contributed by atoms with Crippen LogP contribution in [0.1, 0.15) is 19.8 Å². The van der Waals surface area contributed by atoms with E-state index in [-0.39, 0.29) is 23.2 Å². The van der Waals surface area contributed by atoms with Crippen molar-refractivity contribution in [3.63, 3.8) is 0 Å². The Kier molecular flexibility index (Phi) is 6.18. The molecule has 0 radical (unpaired) electrons. The number of primary sulfonamides is 1. The Morgan fingerprint density at radius 3 is 2.43 bits per heavy atom. The van der Waals surface area contributed by atoms with Gasteiger partial charge in [0, 0.05) is 12.2 Å². The summed E-state index contributed by atoms with van der Waals surface area (Å²) in [5, 5.41) is 5.05. The Hall–Kier alpha value is -1.12. The second-order valence-corrected chi connectivity index (χ2v) is 8.72. The molecule has 0 aromatic heterocycles. The summed E-state index contributed by atoms with van der Waals surface area (Å²) in [6, 6.07) is 6.13. The molecule has 0 spiro atoms. The van der Waals surface area contributed by atoms with E-state index in [4.69, 9.17) is 9.88 Å². The highest BCUT2D eigenvalue weighted by molar-refractivity contribution is 7.90. The molecule has 2 N–H and O–H groups in total. The van der Waals surface area contributed by atoms with Crippen molar-refractivity contribution in [2.24, 2.45) is 11.1 Å². The van der Waals surface area contributed by atoms with Gasteiger partial charge in [-0.3, -0.25) is 0 Å². The average Bonchev–Trinajstić information content (AvgIpc) is 2.34. The zero-order chi connectivity index (χ0) is 16.1. The summed E-state index contributed by atoms with van der Waals surface area (Å²) in [7, 11) is -6.86. The van der Waals surface area contributed by atoms with E-state index in [1.165, 1.54) is 12.1 Å². The number of benzene rings is 1. The first kappa shape index (κ1) is 17.9. The average molecular weight is 335 g/mol. The molecule has 21 heavy (non-hydrogen) atoms. The van der Waals surface area contributed by atoms with Gasteiger partial charge in [-0.1, -0.05) is 19.4 Å². The molecule has 0 saturated heterocycles. The van der Waals surface area contributed by atoms with Crippen molar-refractivity contribution >= 4 is 19.9 Å². The maximum absolute atomic E-state index is 11.5. The molecule has 0 saturated carbocycles. The standard InChI is InChI=1S/C13H21NO5S2/c1-3-5-11(10-21(14,17)18)9-19-12-6-4-7-13(8-12)20(2,15)16/h4,6-8,11H,3,5,9-10H2,1-2H3,(H2,14,17,18). The molecule has 1 aromatic carbocycles. The summed E-state index contributed by atoms with van der Waals surface area (Å²) >= 11 is 0. The number of sulfonamides is 1. The van der Waals surface area contributed by atoms with Gasteiger partial charge in [0.05, 0.1) is 17.3 Å². The maximum atomic E-state index is 11.5. The van der Waals surface area contributed by atoms with E-state index in [1.54, 1.807) is 12.1 Å². The highest BCUT2D eigenvalue weighted by Gasteiger charge is 2.16. The first-order valence-electron chi connectivity index (χ1n) is 6.55. The van der Waals surface area contributed by atoms with E-state index in [1.807, 2.05) is 6.92 Å². The van der Waals surface area contributed by atoms with Crippen molar-refractivity contribution in [3.8, 4) is 5.75 Å². The summed E-state index contributed by atoms with van der Waals surface area (Å²) in [6.07, 6.45) is 2.60. The lowest BCUT2D eigenvalue weighted by molar-refractivity contribution is 0.252. The van der Waals surface area contributed by atoms with E-state index in [0.717, 1.165) is 12.7 Å². The third-order valence-corrected chi connectivity index (χ3v) is 4.93. The van der Waals surface area contributed by atoms with Crippen molar-refractivity contribution in [1.29, 1.82) is 0 Å². The van der Waals surface area contributed by atoms with Crippen molar-refractivity contribution in [1.82, 2.24) is 0 Å². The first-order valence-corrected chi connectivity index (χ1v) is 10.2. The van der Waals surface area contributed by atoms with Crippen LogP contribution in [0.25, 0.3) is 0 Å². The number of sulfone groups is 1. The minimum Gasteiger partial charge on any atom is -0.493 e. The number of hydrogen-bond acceptors (Lipinski definition) is 5. The Labute approximate surface area is 126 Å². The summed E-state index contributed by atoms with van der Waals surface area (Å²) in [5.41, 5.74) is 0. The monoisotopic (exact) mass is 335 g/mol. The van der Waals surface area contributed by atoms with Gasteiger partial charge in [0.1, 0.15) is 5.75 Å². The Bertz CT molecular complexity index is 668. The Morgan fingerprint density at radius 2 is 1.90 bits per heavy atom. The zero-order valence-electron chi connectivity index (χ0n) is 12.2. The van der Waals surface area contributed by atoms with Crippen LogP contribution in [0.2, 0.25) is 0 Å². The van der Waals surface area contributed by atoms with Crippen LogP contribution in [0, 0.1) is 5.92 Å². The third-order valence-electron chi connectivity index (χ3n) is 2.88. The number of ether oxygens (including phenoxy) is 1. The smallest absolute Gasteiger partial charge is 0.209 e. The van der Waals surface area contributed by atoms with E-state index in [0.29, 0.717) is 12.2 Å². The second kappa shape index (κ2) is 7.24. The van der Waals surface area contributed by atoms with Gasteiger partial charge in [-0.2, -0.15) is 0 Å². The fourth-order valence-electron chi connectivity index (χ4n) is 1.96. The molecule has 1 aromatic rings. The minimum atomic E-state index is -3.56. The van der Waals surface area contributed by atoms with Gasteiger partial charge >= 0.3 is 0 Å². The Balaban J connectivity index is 2.76. The zero-order valence-corrected chi connectivity index (χ0v) is 13.8. The van der Waals surface area contributed by atoms with Gasteiger partial charge in [0.25, 0.3) is 0 Å². The van der Waals surface area contributed by atoms with Gasteiger partial charge < -0.3 is 4.74 Å². The van der Waals surface area contributed by atoms with Crippen LogP contribution in [0.4, 0.5) is 0 Å². The first-order chi connectivity index (χ1) is 9.62. The fourth-order valence-corrected chi connectivity index (χ4v) is 3.54. The summed E-state index contributed by atoms with van der Waals surface area (Å²) < 4.78 is 50.8. The molecule has 0 bridgehead atoms. The lowest BCUT2D eigenvalue weighted by atomic mass is 10.1. The molecule has 0 aliphatic carbocycles. The van der Waals surface area contributed by atoms with Gasteiger partial charge in [0.15, 0.2) is 9.84 Å². The van der Waals surface area contributed by atoms with E-state index in [2.05, 4.69) is 0 Å². The van der Waals surface area contributed by atoms with Crippen molar-refractivity contribution in [3.05, 3.63) is 24.3 Å². The largest absolute Gasteiger partial charge is 0.493 e. The molecular formula is C13H21NO5S2. The van der Waals surface area contributed by atoms with Crippen molar-refractivity contribution in [2.75, 3.05) is 18.6 Å². The molecule has 0 amide bonds. The summed E-state index contributed by atoms with van der Waals surface area (Å²) in [6.45, 7) is 2.12. The van der Waals surface area contributed by atoms with Crippen molar-refractivity contribution < 1.29 is 21.6 Å². The molecular weight excluding hydrogens is 314 g/mol. The molecule has 1 atom stereocenters. The van der Waals surface area contributed by atoms with Crippen LogP contribution in [0.15, 0.2) is 29.2 Å². The molecule has 0 heterocycles. The molecule has 0 fully saturated rings. The normalized spacial score (nSPS) is 13.9. The number of rotatable bonds is 8. The SMILES string of the molecule is CCCC(COc1cccc(S(C)(=O)=O)c1)CS(N)(=O)=O. The quantitative estimate of drug-likeness (QED) is 0.768. The van der Waals surface area contributed by atoms with E-state index < -0.39 is 19.9 Å². The predicted molar refractivity (Wildman–Crippen MR) is 81.4 cm³/mol. The van der Waals surface area contributed by atoms with Crippen LogP contribution in [0.3, 0.4) is 0 Å². The second-order valence-electron chi connectivity index (χ2n) is 5.04. The Morgan fingerprint density at radius 1 is 1.24 bits per heavy atom. The topological polar surface area (TPSA) is 104 Å². The number of hydrogen-bond donors (Lipinski definition) is 1. The van der Waals surface area contributed by atoms with Gasteiger partial charge in [-0.25, -0.2) is 22.0 Å². The molecule has 0 aliphatic heterocycles. The van der Waals surface area contributed by atoms with Crippen LogP contribution in [-0.2, 0) is 19.9 Å². The third kappa shape index (κ3) is 6.92. The van der Waals surface area contributed by atoms with Crippen LogP contribution in [0.5, 0.6) is 5.75 Å². The number of nitrogens with two attached hydrogens (primary N) is 1. The predicted octanol–water partition coefficient (Wildman–Crippen LogP) is 1.17. The molecule has 120 valence electrons. The molecule has 8 heteroatoms. The minimum absolute atomic E-state index is 0.146. The summed E-state index contributed by atoms with van der Waals surface area (Å²) in [5.74, 6) is 0.0346. The van der Waals surface area contributed by atoms with E-state index in [9.17, 15) is 16.8 Å². The van der Waals surface area contributed by atoms with Gasteiger partial charge in [0.2, 0.25) is 10.0 Å². The molecule has 1 rings (SSSR count).